The lowest BCUT2D eigenvalue weighted by molar-refractivity contribution is 0.468. The summed E-state index contributed by atoms with van der Waals surface area (Å²) in [5.74, 6) is 0.237. The predicted octanol–water partition coefficient (Wildman–Crippen LogP) is 0.448. The van der Waals surface area contributed by atoms with E-state index in [1.165, 1.54) is 6.20 Å². The highest BCUT2D eigenvalue weighted by Crippen LogP contribution is 2.16. The van der Waals surface area contributed by atoms with E-state index in [1.807, 2.05) is 0 Å². The SMILES string of the molecule is Oc1cnc2c(c1)C[N]CC2. The molecule has 0 aromatic carbocycles. The van der Waals surface area contributed by atoms with Crippen molar-refractivity contribution < 1.29 is 5.11 Å². The number of nitrogens with zero attached hydrogens (tertiary/aromatic N) is 2. The number of hydrogen-bond donors (Lipinski definition) is 1. The van der Waals surface area contributed by atoms with Crippen molar-refractivity contribution in [2.75, 3.05) is 6.54 Å². The summed E-state index contributed by atoms with van der Waals surface area (Å²) in [7, 11) is 0. The molecule has 0 saturated heterocycles. The van der Waals surface area contributed by atoms with Crippen LogP contribution in [-0.2, 0) is 13.0 Å². The highest BCUT2D eigenvalue weighted by Gasteiger charge is 2.10. The van der Waals surface area contributed by atoms with Crippen LogP contribution in [0.25, 0.3) is 0 Å². The van der Waals surface area contributed by atoms with Gasteiger partial charge in [0, 0.05) is 25.2 Å². The van der Waals surface area contributed by atoms with Crippen molar-refractivity contribution in [3.63, 3.8) is 0 Å². The summed E-state index contributed by atoms with van der Waals surface area (Å²) in [4.78, 5) is 4.11. The quantitative estimate of drug-likeness (QED) is 0.582. The van der Waals surface area contributed by atoms with Crippen LogP contribution in [0.4, 0.5) is 0 Å². The van der Waals surface area contributed by atoms with Gasteiger partial charge in [-0.05, 0) is 11.6 Å². The van der Waals surface area contributed by atoms with Gasteiger partial charge in [-0.15, -0.1) is 0 Å². The highest BCUT2D eigenvalue weighted by molar-refractivity contribution is 5.29. The molecule has 0 atom stereocenters. The van der Waals surface area contributed by atoms with Gasteiger partial charge in [0.2, 0.25) is 0 Å². The lowest BCUT2D eigenvalue weighted by atomic mass is 10.1. The normalized spacial score (nSPS) is 16.0. The molecule has 0 bridgehead atoms. The molecule has 0 unspecified atom stereocenters. The second-order valence-corrected chi connectivity index (χ2v) is 2.65. The predicted molar refractivity (Wildman–Crippen MR) is 40.3 cm³/mol. The van der Waals surface area contributed by atoms with Crippen molar-refractivity contribution in [3.8, 4) is 5.75 Å². The van der Waals surface area contributed by atoms with Crippen molar-refractivity contribution in [1.82, 2.24) is 10.3 Å². The fourth-order valence-corrected chi connectivity index (χ4v) is 1.27. The minimum Gasteiger partial charge on any atom is -0.506 e. The number of rotatable bonds is 0. The summed E-state index contributed by atoms with van der Waals surface area (Å²) < 4.78 is 0. The molecule has 0 aliphatic carbocycles. The number of aromatic hydroxyl groups is 1. The van der Waals surface area contributed by atoms with Gasteiger partial charge in [0.25, 0.3) is 0 Å². The second-order valence-electron chi connectivity index (χ2n) is 2.65. The molecular weight excluding hydrogens is 140 g/mol. The maximum atomic E-state index is 9.08. The average Bonchev–Trinajstić information content (AvgIpc) is 2.04. The first-order chi connectivity index (χ1) is 5.36. The second kappa shape index (κ2) is 2.51. The van der Waals surface area contributed by atoms with E-state index in [0.717, 1.165) is 24.2 Å². The third-order valence-corrected chi connectivity index (χ3v) is 1.83. The molecule has 3 heteroatoms. The first kappa shape index (κ1) is 6.61. The molecule has 1 aliphatic rings. The van der Waals surface area contributed by atoms with Gasteiger partial charge in [-0.3, -0.25) is 4.98 Å². The zero-order chi connectivity index (χ0) is 7.68. The van der Waals surface area contributed by atoms with E-state index >= 15 is 0 Å². The van der Waals surface area contributed by atoms with Gasteiger partial charge in [-0.1, -0.05) is 0 Å². The van der Waals surface area contributed by atoms with E-state index in [4.69, 9.17) is 5.11 Å². The van der Waals surface area contributed by atoms with Gasteiger partial charge in [0.05, 0.1) is 6.20 Å². The molecule has 0 amide bonds. The molecule has 11 heavy (non-hydrogen) atoms. The Morgan fingerprint density at radius 2 is 2.36 bits per heavy atom. The van der Waals surface area contributed by atoms with Crippen LogP contribution in [0.3, 0.4) is 0 Å². The molecule has 1 aliphatic heterocycles. The number of aromatic nitrogens is 1. The van der Waals surface area contributed by atoms with E-state index in [-0.39, 0.29) is 5.75 Å². The smallest absolute Gasteiger partial charge is 0.134 e. The van der Waals surface area contributed by atoms with E-state index in [0.29, 0.717) is 6.54 Å². The third kappa shape index (κ3) is 1.19. The summed E-state index contributed by atoms with van der Waals surface area (Å²) >= 11 is 0. The Balaban J connectivity index is 2.43. The maximum absolute atomic E-state index is 9.08. The minimum absolute atomic E-state index is 0.237. The number of fused-ring (bicyclic) bond motifs is 1. The first-order valence-electron chi connectivity index (χ1n) is 3.66. The summed E-state index contributed by atoms with van der Waals surface area (Å²) in [5, 5.41) is 13.3. The van der Waals surface area contributed by atoms with E-state index in [2.05, 4.69) is 10.3 Å². The summed E-state index contributed by atoms with van der Waals surface area (Å²) in [6.45, 7) is 1.57. The van der Waals surface area contributed by atoms with Crippen molar-refractivity contribution >= 4 is 0 Å². The zero-order valence-corrected chi connectivity index (χ0v) is 6.12. The topological polar surface area (TPSA) is 47.2 Å². The van der Waals surface area contributed by atoms with Crippen LogP contribution in [0.1, 0.15) is 11.3 Å². The van der Waals surface area contributed by atoms with E-state index < -0.39 is 0 Å². The Hall–Kier alpha value is -1.09. The Morgan fingerprint density at radius 1 is 1.45 bits per heavy atom. The minimum atomic E-state index is 0.237. The van der Waals surface area contributed by atoms with Gasteiger partial charge in [0.15, 0.2) is 0 Å². The van der Waals surface area contributed by atoms with Gasteiger partial charge >= 0.3 is 0 Å². The maximum Gasteiger partial charge on any atom is 0.134 e. The van der Waals surface area contributed by atoms with Gasteiger partial charge < -0.3 is 5.11 Å². The molecule has 0 saturated carbocycles. The van der Waals surface area contributed by atoms with Gasteiger partial charge in [0.1, 0.15) is 5.75 Å². The number of pyridine rings is 1. The molecule has 3 nitrogen and oxygen atoms in total. The molecule has 1 N–H and O–H groups in total. The Labute approximate surface area is 65.1 Å². The van der Waals surface area contributed by atoms with Gasteiger partial charge in [-0.25, -0.2) is 5.32 Å². The summed E-state index contributed by atoms with van der Waals surface area (Å²) in [5.41, 5.74) is 2.15. The molecular formula is C8H9N2O. The Morgan fingerprint density at radius 3 is 3.27 bits per heavy atom. The molecule has 1 aromatic heterocycles. The molecule has 0 fully saturated rings. The molecule has 57 valence electrons. The fraction of sp³-hybridized carbons (Fsp3) is 0.375. The van der Waals surface area contributed by atoms with Crippen molar-refractivity contribution in [2.45, 2.75) is 13.0 Å². The van der Waals surface area contributed by atoms with E-state index in [1.54, 1.807) is 6.07 Å². The highest BCUT2D eigenvalue weighted by atomic mass is 16.3. The molecule has 0 spiro atoms. The Bertz CT molecular complexity index is 273. The third-order valence-electron chi connectivity index (χ3n) is 1.83. The first-order valence-corrected chi connectivity index (χ1v) is 3.66. The van der Waals surface area contributed by atoms with E-state index in [9.17, 15) is 0 Å². The summed E-state index contributed by atoms with van der Waals surface area (Å²) in [6.07, 6.45) is 2.40. The van der Waals surface area contributed by atoms with Crippen LogP contribution in [0.15, 0.2) is 12.3 Å². The van der Waals surface area contributed by atoms with Crippen LogP contribution in [-0.4, -0.2) is 16.6 Å². The number of hydrogen-bond acceptors (Lipinski definition) is 2. The molecule has 1 aromatic rings. The van der Waals surface area contributed by atoms with Crippen LogP contribution >= 0.6 is 0 Å². The van der Waals surface area contributed by atoms with Crippen LogP contribution < -0.4 is 5.32 Å². The standard InChI is InChI=1S/C8H9N2O/c11-7-3-6-4-9-2-1-8(6)10-5-7/h3,5,11H,1-2,4H2. The lowest BCUT2D eigenvalue weighted by Crippen LogP contribution is -2.18. The fourth-order valence-electron chi connectivity index (χ4n) is 1.27. The van der Waals surface area contributed by atoms with Crippen molar-refractivity contribution in [3.05, 3.63) is 23.5 Å². The zero-order valence-electron chi connectivity index (χ0n) is 6.12. The Kier molecular flexibility index (Phi) is 1.51. The molecule has 2 heterocycles. The molecule has 1 radical (unpaired) electrons. The lowest BCUT2D eigenvalue weighted by Gasteiger charge is -2.13. The molecule has 2 rings (SSSR count). The van der Waals surface area contributed by atoms with Crippen LogP contribution in [0.2, 0.25) is 0 Å². The van der Waals surface area contributed by atoms with Crippen LogP contribution in [0.5, 0.6) is 5.75 Å². The summed E-state index contributed by atoms with van der Waals surface area (Å²) in [6, 6.07) is 1.74. The van der Waals surface area contributed by atoms with Gasteiger partial charge in [-0.2, -0.15) is 0 Å². The largest absolute Gasteiger partial charge is 0.506 e. The van der Waals surface area contributed by atoms with Crippen LogP contribution in [0, 0.1) is 0 Å². The van der Waals surface area contributed by atoms with Crippen molar-refractivity contribution in [2.24, 2.45) is 0 Å². The average molecular weight is 149 g/mol. The monoisotopic (exact) mass is 149 g/mol. The van der Waals surface area contributed by atoms with Crippen molar-refractivity contribution in [1.29, 1.82) is 0 Å².